The van der Waals surface area contributed by atoms with E-state index in [1.165, 1.54) is 0 Å². The molecule has 0 aliphatic rings. The quantitative estimate of drug-likeness (QED) is 0.541. The van der Waals surface area contributed by atoms with Crippen molar-refractivity contribution in [3.63, 3.8) is 0 Å². The Bertz CT molecular complexity index is 936. The van der Waals surface area contributed by atoms with Crippen LogP contribution in [-0.4, -0.2) is 19.9 Å². The molecule has 0 saturated heterocycles. The Hall–Kier alpha value is -3.34. The standard InChI is InChI=1S/C19H15N3O2/c23-19(15-6-8-17(9-7-15)21-10-3-4-11-21)24-14-16-13-22-12-2-1-5-18(22)20-16/h1-13H,14H2. The van der Waals surface area contributed by atoms with Gasteiger partial charge < -0.3 is 13.7 Å². The summed E-state index contributed by atoms with van der Waals surface area (Å²) in [5, 5.41) is 0. The summed E-state index contributed by atoms with van der Waals surface area (Å²) in [6.45, 7) is 0.153. The fraction of sp³-hybridized carbons (Fsp3) is 0.0526. The molecule has 0 N–H and O–H groups in total. The summed E-state index contributed by atoms with van der Waals surface area (Å²) in [7, 11) is 0. The number of carbonyl (C=O) groups excluding carboxylic acids is 1. The molecular formula is C19H15N3O2. The summed E-state index contributed by atoms with van der Waals surface area (Å²) in [6.07, 6.45) is 7.68. The van der Waals surface area contributed by atoms with Crippen molar-refractivity contribution in [3.8, 4) is 5.69 Å². The number of hydrogen-bond acceptors (Lipinski definition) is 3. The van der Waals surface area contributed by atoms with Gasteiger partial charge >= 0.3 is 5.97 Å². The normalized spacial score (nSPS) is 10.8. The number of carbonyl (C=O) groups is 1. The number of esters is 1. The topological polar surface area (TPSA) is 48.5 Å². The second-order valence-electron chi connectivity index (χ2n) is 5.41. The van der Waals surface area contributed by atoms with Crippen LogP contribution in [0.3, 0.4) is 0 Å². The van der Waals surface area contributed by atoms with Gasteiger partial charge in [0.25, 0.3) is 0 Å². The minimum Gasteiger partial charge on any atom is -0.456 e. The van der Waals surface area contributed by atoms with Gasteiger partial charge in [-0.2, -0.15) is 0 Å². The number of fused-ring (bicyclic) bond motifs is 1. The molecule has 0 aliphatic carbocycles. The van der Waals surface area contributed by atoms with E-state index in [2.05, 4.69) is 4.98 Å². The van der Waals surface area contributed by atoms with Gasteiger partial charge in [0.15, 0.2) is 0 Å². The van der Waals surface area contributed by atoms with E-state index in [0.717, 1.165) is 17.0 Å². The molecule has 4 rings (SSSR count). The molecule has 1 aromatic carbocycles. The minimum atomic E-state index is -0.355. The minimum absolute atomic E-state index is 0.153. The number of aromatic nitrogens is 3. The Balaban J connectivity index is 1.44. The Morgan fingerprint density at radius 1 is 0.958 bits per heavy atom. The lowest BCUT2D eigenvalue weighted by atomic mass is 10.2. The van der Waals surface area contributed by atoms with Gasteiger partial charge in [-0.3, -0.25) is 0 Å². The SMILES string of the molecule is O=C(OCc1cn2ccccc2n1)c1ccc(-n2cccc2)cc1. The molecule has 0 spiro atoms. The molecule has 3 aromatic heterocycles. The van der Waals surface area contributed by atoms with Crippen molar-refractivity contribution in [2.45, 2.75) is 6.61 Å². The molecule has 24 heavy (non-hydrogen) atoms. The van der Waals surface area contributed by atoms with E-state index in [9.17, 15) is 4.79 Å². The van der Waals surface area contributed by atoms with Crippen LogP contribution in [0, 0.1) is 0 Å². The van der Waals surface area contributed by atoms with E-state index in [0.29, 0.717) is 5.56 Å². The molecule has 0 saturated carbocycles. The van der Waals surface area contributed by atoms with E-state index < -0.39 is 0 Å². The zero-order valence-electron chi connectivity index (χ0n) is 12.9. The molecule has 5 nitrogen and oxygen atoms in total. The number of rotatable bonds is 4. The highest BCUT2D eigenvalue weighted by atomic mass is 16.5. The second-order valence-corrected chi connectivity index (χ2v) is 5.41. The Kier molecular flexibility index (Phi) is 3.59. The monoisotopic (exact) mass is 317 g/mol. The fourth-order valence-corrected chi connectivity index (χ4v) is 2.56. The molecule has 3 heterocycles. The third-order valence-corrected chi connectivity index (χ3v) is 3.77. The number of hydrogen-bond donors (Lipinski definition) is 0. The smallest absolute Gasteiger partial charge is 0.338 e. The Labute approximate surface area is 138 Å². The van der Waals surface area contributed by atoms with E-state index in [1.807, 2.05) is 76.2 Å². The van der Waals surface area contributed by atoms with Crippen molar-refractivity contribution >= 4 is 11.6 Å². The van der Waals surface area contributed by atoms with Crippen LogP contribution in [0.1, 0.15) is 16.1 Å². The molecule has 5 heteroatoms. The van der Waals surface area contributed by atoms with Crippen LogP contribution >= 0.6 is 0 Å². The highest BCUT2D eigenvalue weighted by molar-refractivity contribution is 5.89. The fourth-order valence-electron chi connectivity index (χ4n) is 2.56. The Morgan fingerprint density at radius 2 is 1.71 bits per heavy atom. The van der Waals surface area contributed by atoms with Gasteiger partial charge in [0, 0.05) is 30.5 Å². The van der Waals surface area contributed by atoms with Gasteiger partial charge in [0.1, 0.15) is 12.3 Å². The van der Waals surface area contributed by atoms with Crippen molar-refractivity contribution in [1.82, 2.24) is 14.0 Å². The molecule has 0 radical (unpaired) electrons. The van der Waals surface area contributed by atoms with Crippen molar-refractivity contribution in [1.29, 1.82) is 0 Å². The molecule has 0 amide bonds. The number of nitrogens with zero attached hydrogens (tertiary/aromatic N) is 3. The summed E-state index contributed by atoms with van der Waals surface area (Å²) in [5.74, 6) is -0.355. The summed E-state index contributed by atoms with van der Waals surface area (Å²) in [5.41, 5.74) is 3.07. The first-order chi connectivity index (χ1) is 11.8. The van der Waals surface area contributed by atoms with Gasteiger partial charge in [-0.05, 0) is 48.5 Å². The van der Waals surface area contributed by atoms with E-state index in [1.54, 1.807) is 12.1 Å². The van der Waals surface area contributed by atoms with E-state index in [-0.39, 0.29) is 12.6 Å². The van der Waals surface area contributed by atoms with Crippen molar-refractivity contribution in [2.75, 3.05) is 0 Å². The Morgan fingerprint density at radius 3 is 2.46 bits per heavy atom. The van der Waals surface area contributed by atoms with Gasteiger partial charge in [0.2, 0.25) is 0 Å². The van der Waals surface area contributed by atoms with Gasteiger partial charge in [-0.1, -0.05) is 6.07 Å². The van der Waals surface area contributed by atoms with Crippen molar-refractivity contribution in [3.05, 3.63) is 90.6 Å². The summed E-state index contributed by atoms with van der Waals surface area (Å²) >= 11 is 0. The lowest BCUT2D eigenvalue weighted by Gasteiger charge is -2.05. The third-order valence-electron chi connectivity index (χ3n) is 3.77. The highest BCUT2D eigenvalue weighted by Crippen LogP contribution is 2.12. The van der Waals surface area contributed by atoms with Gasteiger partial charge in [-0.25, -0.2) is 9.78 Å². The number of benzene rings is 1. The van der Waals surface area contributed by atoms with Crippen LogP contribution in [-0.2, 0) is 11.3 Å². The average molecular weight is 317 g/mol. The first kappa shape index (κ1) is 14.3. The zero-order chi connectivity index (χ0) is 16.4. The van der Waals surface area contributed by atoms with Crippen LogP contribution in [0.4, 0.5) is 0 Å². The average Bonchev–Trinajstić information content (AvgIpc) is 3.29. The molecule has 0 fully saturated rings. The van der Waals surface area contributed by atoms with Crippen molar-refractivity contribution in [2.24, 2.45) is 0 Å². The summed E-state index contributed by atoms with van der Waals surface area (Å²) < 4.78 is 9.23. The molecule has 0 bridgehead atoms. The van der Waals surface area contributed by atoms with Gasteiger partial charge in [0.05, 0.1) is 11.3 Å². The maximum Gasteiger partial charge on any atom is 0.338 e. The first-order valence-corrected chi connectivity index (χ1v) is 7.63. The lowest BCUT2D eigenvalue weighted by molar-refractivity contribution is 0.0468. The second kappa shape index (κ2) is 6.04. The largest absolute Gasteiger partial charge is 0.456 e. The molecule has 118 valence electrons. The molecule has 0 unspecified atom stereocenters. The summed E-state index contributed by atoms with van der Waals surface area (Å²) in [4.78, 5) is 16.6. The third kappa shape index (κ3) is 2.79. The maximum atomic E-state index is 12.2. The number of ether oxygens (including phenoxy) is 1. The first-order valence-electron chi connectivity index (χ1n) is 7.63. The van der Waals surface area contributed by atoms with Crippen LogP contribution in [0.2, 0.25) is 0 Å². The molecule has 0 atom stereocenters. The molecule has 4 aromatic rings. The van der Waals surface area contributed by atoms with Crippen LogP contribution in [0.5, 0.6) is 0 Å². The maximum absolute atomic E-state index is 12.2. The van der Waals surface area contributed by atoms with E-state index >= 15 is 0 Å². The zero-order valence-corrected chi connectivity index (χ0v) is 12.9. The number of imidazole rings is 1. The summed E-state index contributed by atoms with van der Waals surface area (Å²) in [6, 6.07) is 17.0. The van der Waals surface area contributed by atoms with Crippen molar-refractivity contribution < 1.29 is 9.53 Å². The number of pyridine rings is 1. The van der Waals surface area contributed by atoms with E-state index in [4.69, 9.17) is 4.74 Å². The van der Waals surface area contributed by atoms with Crippen LogP contribution in [0.25, 0.3) is 11.3 Å². The predicted octanol–water partition coefficient (Wildman–Crippen LogP) is 3.48. The van der Waals surface area contributed by atoms with Crippen LogP contribution < -0.4 is 0 Å². The van der Waals surface area contributed by atoms with Crippen LogP contribution in [0.15, 0.2) is 79.4 Å². The van der Waals surface area contributed by atoms with Gasteiger partial charge in [-0.15, -0.1) is 0 Å². The predicted molar refractivity (Wildman–Crippen MR) is 90.1 cm³/mol. The molecular weight excluding hydrogens is 302 g/mol. The molecule has 0 aliphatic heterocycles. The lowest BCUT2D eigenvalue weighted by Crippen LogP contribution is -2.05. The highest BCUT2D eigenvalue weighted by Gasteiger charge is 2.09.